The van der Waals surface area contributed by atoms with Crippen molar-refractivity contribution in [2.45, 2.75) is 39.8 Å². The zero-order valence-electron chi connectivity index (χ0n) is 14.6. The second-order valence-electron chi connectivity index (χ2n) is 7.17. The molecule has 1 aliphatic rings. The van der Waals surface area contributed by atoms with Crippen LogP contribution in [-0.2, 0) is 4.79 Å². The van der Waals surface area contributed by atoms with E-state index in [-0.39, 0.29) is 23.0 Å². The fraction of sp³-hybridized carbons (Fsp3) is 0.474. The molecule has 0 radical (unpaired) electrons. The lowest BCUT2D eigenvalue weighted by Crippen LogP contribution is -2.74. The minimum atomic E-state index is -0.417. The minimum Gasteiger partial charge on any atom is -0.495 e. The molecule has 126 valence electrons. The van der Waals surface area contributed by atoms with Crippen LogP contribution in [0.4, 0.5) is 0 Å². The molecule has 0 aromatic heterocycles. The molecule has 2 rings (SSSR count). The summed E-state index contributed by atoms with van der Waals surface area (Å²) in [6, 6.07) is 7.11. The Balaban J connectivity index is 2.23. The highest BCUT2D eigenvalue weighted by Gasteiger charge is 2.64. The Morgan fingerprint density at radius 3 is 2.42 bits per heavy atom. The van der Waals surface area contributed by atoms with Gasteiger partial charge in [0.2, 0.25) is 0 Å². The van der Waals surface area contributed by atoms with E-state index in [0.29, 0.717) is 17.1 Å². The molecule has 24 heavy (non-hydrogen) atoms. The molecule has 0 saturated heterocycles. The standard InChI is InChI=1S/C19H22N2O3/c1-7-15(22)21-16-18(2,3)17(19(16,4)5)24-13-9-8-12(11-20)14(10-13)23-6/h1,8-10,16-17H,2-6H3,(H,21,22). The number of ether oxygens (including phenoxy) is 2. The molecule has 0 heterocycles. The minimum absolute atomic E-state index is 0.0983. The first-order valence-electron chi connectivity index (χ1n) is 7.70. The zero-order valence-corrected chi connectivity index (χ0v) is 14.6. The molecule has 1 saturated carbocycles. The summed E-state index contributed by atoms with van der Waals surface area (Å²) in [4.78, 5) is 11.6. The maximum Gasteiger partial charge on any atom is 0.295 e. The van der Waals surface area contributed by atoms with Crippen LogP contribution in [0.25, 0.3) is 0 Å². The first kappa shape index (κ1) is 17.7. The highest BCUT2D eigenvalue weighted by Crippen LogP contribution is 2.55. The Morgan fingerprint density at radius 2 is 1.92 bits per heavy atom. The monoisotopic (exact) mass is 326 g/mol. The van der Waals surface area contributed by atoms with Crippen LogP contribution in [0, 0.1) is 34.5 Å². The summed E-state index contributed by atoms with van der Waals surface area (Å²) in [7, 11) is 1.52. The van der Waals surface area contributed by atoms with Crippen LogP contribution in [0.3, 0.4) is 0 Å². The molecule has 0 spiro atoms. The van der Waals surface area contributed by atoms with E-state index < -0.39 is 5.91 Å². The fourth-order valence-electron chi connectivity index (χ4n) is 3.95. The SMILES string of the molecule is C#CC(=O)NC1C(C)(C)C(Oc2ccc(C#N)c(OC)c2)C1(C)C. The lowest BCUT2D eigenvalue weighted by atomic mass is 9.49. The quantitative estimate of drug-likeness (QED) is 0.863. The van der Waals surface area contributed by atoms with Gasteiger partial charge in [-0.3, -0.25) is 4.79 Å². The number of hydrogen-bond donors (Lipinski definition) is 1. The average molecular weight is 326 g/mol. The Hall–Kier alpha value is -2.66. The van der Waals surface area contributed by atoms with Gasteiger partial charge in [0.25, 0.3) is 5.91 Å². The van der Waals surface area contributed by atoms with E-state index in [1.165, 1.54) is 7.11 Å². The number of carbonyl (C=O) groups is 1. The Bertz CT molecular complexity index is 722. The molecule has 0 atom stereocenters. The first-order chi connectivity index (χ1) is 11.2. The molecule has 1 aromatic rings. The molecule has 0 unspecified atom stereocenters. The number of hydrogen-bond acceptors (Lipinski definition) is 4. The van der Waals surface area contributed by atoms with Gasteiger partial charge in [0.1, 0.15) is 23.7 Å². The van der Waals surface area contributed by atoms with Crippen molar-refractivity contribution < 1.29 is 14.3 Å². The maximum absolute atomic E-state index is 11.6. The second-order valence-corrected chi connectivity index (χ2v) is 7.17. The molecule has 0 bridgehead atoms. The topological polar surface area (TPSA) is 71.3 Å². The van der Waals surface area contributed by atoms with Gasteiger partial charge in [-0.15, -0.1) is 6.42 Å². The summed E-state index contributed by atoms with van der Waals surface area (Å²) < 4.78 is 11.4. The zero-order chi connectivity index (χ0) is 18.1. The highest BCUT2D eigenvalue weighted by molar-refractivity contribution is 5.93. The van der Waals surface area contributed by atoms with Gasteiger partial charge in [-0.1, -0.05) is 27.7 Å². The Kier molecular flexibility index (Phi) is 4.49. The van der Waals surface area contributed by atoms with E-state index in [4.69, 9.17) is 21.2 Å². The number of nitriles is 1. The Morgan fingerprint density at radius 1 is 1.29 bits per heavy atom. The second kappa shape index (κ2) is 6.09. The summed E-state index contributed by atoms with van der Waals surface area (Å²) in [5, 5.41) is 11.9. The van der Waals surface area contributed by atoms with Crippen LogP contribution in [0.1, 0.15) is 33.3 Å². The predicted molar refractivity (Wildman–Crippen MR) is 90.5 cm³/mol. The lowest BCUT2D eigenvalue weighted by molar-refractivity contribution is -0.171. The average Bonchev–Trinajstić information content (AvgIpc) is 2.56. The third kappa shape index (κ3) is 2.78. The molecule has 1 fully saturated rings. The van der Waals surface area contributed by atoms with Crippen LogP contribution < -0.4 is 14.8 Å². The van der Waals surface area contributed by atoms with Gasteiger partial charge in [-0.05, 0) is 18.1 Å². The molecular weight excluding hydrogens is 304 g/mol. The van der Waals surface area contributed by atoms with E-state index in [1.807, 2.05) is 27.7 Å². The van der Waals surface area contributed by atoms with Crippen molar-refractivity contribution in [3.05, 3.63) is 23.8 Å². The van der Waals surface area contributed by atoms with E-state index >= 15 is 0 Å². The number of carbonyl (C=O) groups excluding carboxylic acids is 1. The predicted octanol–water partition coefficient (Wildman–Crippen LogP) is 2.50. The van der Waals surface area contributed by atoms with Gasteiger partial charge < -0.3 is 14.8 Å². The first-order valence-corrected chi connectivity index (χ1v) is 7.70. The molecule has 0 aliphatic heterocycles. The highest BCUT2D eigenvalue weighted by atomic mass is 16.5. The van der Waals surface area contributed by atoms with Gasteiger partial charge in [-0.2, -0.15) is 5.26 Å². The normalized spacial score (nSPS) is 23.1. The number of amides is 1. The fourth-order valence-corrected chi connectivity index (χ4v) is 3.95. The van der Waals surface area contributed by atoms with Crippen molar-refractivity contribution in [2.75, 3.05) is 7.11 Å². The van der Waals surface area contributed by atoms with Gasteiger partial charge in [0.15, 0.2) is 0 Å². The third-order valence-electron chi connectivity index (χ3n) is 4.79. The molecule has 5 nitrogen and oxygen atoms in total. The van der Waals surface area contributed by atoms with Gasteiger partial charge in [-0.25, -0.2) is 0 Å². The number of benzene rings is 1. The number of rotatable bonds is 4. The van der Waals surface area contributed by atoms with Crippen molar-refractivity contribution >= 4 is 5.91 Å². The summed E-state index contributed by atoms with van der Waals surface area (Å²) in [6.07, 6.45) is 5.03. The van der Waals surface area contributed by atoms with E-state index in [1.54, 1.807) is 18.2 Å². The smallest absolute Gasteiger partial charge is 0.295 e. The van der Waals surface area contributed by atoms with Crippen LogP contribution >= 0.6 is 0 Å². The summed E-state index contributed by atoms with van der Waals surface area (Å²) in [6.45, 7) is 8.13. The molecule has 1 amide bonds. The van der Waals surface area contributed by atoms with Crippen LogP contribution in [-0.4, -0.2) is 25.2 Å². The van der Waals surface area contributed by atoms with Gasteiger partial charge in [0, 0.05) is 22.9 Å². The number of terminal acetylenes is 1. The van der Waals surface area contributed by atoms with E-state index in [0.717, 1.165) is 0 Å². The molecule has 1 aromatic carbocycles. The van der Waals surface area contributed by atoms with Crippen molar-refractivity contribution in [3.63, 3.8) is 0 Å². The van der Waals surface area contributed by atoms with E-state index in [9.17, 15) is 4.79 Å². The Labute approximate surface area is 143 Å². The summed E-state index contributed by atoms with van der Waals surface area (Å²) in [5.74, 6) is 2.77. The van der Waals surface area contributed by atoms with Crippen LogP contribution in [0.5, 0.6) is 11.5 Å². The molecular formula is C19H22N2O3. The third-order valence-corrected chi connectivity index (χ3v) is 4.79. The summed E-state index contributed by atoms with van der Waals surface area (Å²) >= 11 is 0. The molecule has 1 aliphatic carbocycles. The maximum atomic E-state index is 11.6. The van der Waals surface area contributed by atoms with Crippen molar-refractivity contribution in [1.82, 2.24) is 5.32 Å². The van der Waals surface area contributed by atoms with Crippen molar-refractivity contribution in [2.24, 2.45) is 10.8 Å². The van der Waals surface area contributed by atoms with Gasteiger partial charge >= 0.3 is 0 Å². The number of methoxy groups -OCH3 is 1. The molecule has 5 heteroatoms. The van der Waals surface area contributed by atoms with E-state index in [2.05, 4.69) is 17.3 Å². The van der Waals surface area contributed by atoms with Crippen molar-refractivity contribution in [3.8, 4) is 29.9 Å². The van der Waals surface area contributed by atoms with Gasteiger partial charge in [0.05, 0.1) is 12.7 Å². The van der Waals surface area contributed by atoms with Crippen LogP contribution in [0.2, 0.25) is 0 Å². The lowest BCUT2D eigenvalue weighted by Gasteiger charge is -2.62. The number of nitrogens with zero attached hydrogens (tertiary/aromatic N) is 1. The van der Waals surface area contributed by atoms with Crippen LogP contribution in [0.15, 0.2) is 18.2 Å². The summed E-state index contributed by atoms with van der Waals surface area (Å²) in [5.41, 5.74) is -0.134. The number of nitrogens with one attached hydrogen (secondary N) is 1. The molecule has 1 N–H and O–H groups in total. The van der Waals surface area contributed by atoms with Crippen molar-refractivity contribution in [1.29, 1.82) is 5.26 Å². The largest absolute Gasteiger partial charge is 0.495 e.